The van der Waals surface area contributed by atoms with E-state index in [4.69, 9.17) is 9.47 Å². The van der Waals surface area contributed by atoms with Gasteiger partial charge in [-0.1, -0.05) is 26.0 Å². The Kier molecular flexibility index (Phi) is 7.66. The Balaban J connectivity index is 1.34. The van der Waals surface area contributed by atoms with Gasteiger partial charge in [0.1, 0.15) is 11.3 Å². The zero-order valence-electron chi connectivity index (χ0n) is 24.2. The number of alkyl halides is 3. The molecule has 0 radical (unpaired) electrons. The van der Waals surface area contributed by atoms with E-state index in [1.54, 1.807) is 17.0 Å². The number of carbonyl (C=O) groups is 2. The molecule has 5 rings (SSSR count). The van der Waals surface area contributed by atoms with Gasteiger partial charge in [-0.15, -0.1) is 0 Å². The van der Waals surface area contributed by atoms with Crippen molar-refractivity contribution in [2.24, 2.45) is 11.8 Å². The second-order valence-electron chi connectivity index (χ2n) is 13.3. The van der Waals surface area contributed by atoms with E-state index in [-0.39, 0.29) is 36.0 Å². The molecular weight excluding hydrogens is 523 g/mol. The first-order valence-corrected chi connectivity index (χ1v) is 14.5. The van der Waals surface area contributed by atoms with Gasteiger partial charge < -0.3 is 19.3 Å². The van der Waals surface area contributed by atoms with Crippen LogP contribution in [0.3, 0.4) is 0 Å². The van der Waals surface area contributed by atoms with Gasteiger partial charge in [-0.25, -0.2) is 4.79 Å². The van der Waals surface area contributed by atoms with Crippen molar-refractivity contribution in [2.75, 3.05) is 19.7 Å². The van der Waals surface area contributed by atoms with Crippen molar-refractivity contribution >= 4 is 12.0 Å². The van der Waals surface area contributed by atoms with E-state index in [1.807, 2.05) is 20.8 Å². The number of rotatable bonds is 5. The number of amides is 2. The van der Waals surface area contributed by atoms with Crippen molar-refractivity contribution in [3.8, 4) is 0 Å². The molecule has 4 fully saturated rings. The van der Waals surface area contributed by atoms with E-state index in [9.17, 15) is 22.8 Å². The molecule has 0 N–H and O–H groups in total. The largest absolute Gasteiger partial charge is 0.444 e. The molecule has 1 aliphatic carbocycles. The van der Waals surface area contributed by atoms with Crippen LogP contribution in [0.15, 0.2) is 24.3 Å². The summed E-state index contributed by atoms with van der Waals surface area (Å²) in [6, 6.07) is 5.71. The third kappa shape index (κ3) is 5.58. The summed E-state index contributed by atoms with van der Waals surface area (Å²) >= 11 is 0. The third-order valence-electron chi connectivity index (χ3n) is 9.12. The van der Waals surface area contributed by atoms with E-state index < -0.39 is 23.1 Å². The molecule has 0 unspecified atom stereocenters. The molecule has 2 amide bonds. The molecular formula is C30H42F3N3O4. The predicted molar refractivity (Wildman–Crippen MR) is 143 cm³/mol. The van der Waals surface area contributed by atoms with Crippen LogP contribution < -0.4 is 0 Å². The second kappa shape index (κ2) is 10.5. The number of halogens is 3. The highest BCUT2D eigenvalue weighted by atomic mass is 19.4. The summed E-state index contributed by atoms with van der Waals surface area (Å²) in [7, 11) is 0. The van der Waals surface area contributed by atoms with E-state index in [2.05, 4.69) is 23.6 Å². The summed E-state index contributed by atoms with van der Waals surface area (Å²) in [5, 5.41) is 0. The van der Waals surface area contributed by atoms with Crippen LogP contribution in [0.5, 0.6) is 0 Å². The summed E-state index contributed by atoms with van der Waals surface area (Å²) in [6.45, 7) is 11.9. The molecule has 1 aromatic rings. The molecule has 1 aromatic carbocycles. The number of nitrogens with zero attached hydrogens (tertiary/aromatic N) is 3. The van der Waals surface area contributed by atoms with Gasteiger partial charge >= 0.3 is 12.3 Å². The lowest BCUT2D eigenvalue weighted by Crippen LogP contribution is -2.66. The lowest BCUT2D eigenvalue weighted by Gasteiger charge is -2.56. The zero-order valence-corrected chi connectivity index (χ0v) is 24.2. The molecule has 222 valence electrons. The minimum atomic E-state index is -4.38. The summed E-state index contributed by atoms with van der Waals surface area (Å²) in [5.74, 6) is 0.689. The molecule has 1 spiro atoms. The molecule has 3 aliphatic heterocycles. The second-order valence-corrected chi connectivity index (χ2v) is 13.3. The molecule has 3 saturated heterocycles. The first-order valence-electron chi connectivity index (χ1n) is 14.5. The van der Waals surface area contributed by atoms with Gasteiger partial charge in [0.15, 0.2) is 0 Å². The fraction of sp³-hybridized carbons (Fsp3) is 0.733. The van der Waals surface area contributed by atoms with E-state index in [1.165, 1.54) is 0 Å². The first kappa shape index (κ1) is 29.2. The van der Waals surface area contributed by atoms with Crippen LogP contribution in [-0.4, -0.2) is 75.8 Å². The fourth-order valence-electron chi connectivity index (χ4n) is 7.03. The topological polar surface area (TPSA) is 62.3 Å². The number of hydrogen-bond acceptors (Lipinski definition) is 5. The standard InChI is InChI=1S/C30H42F3N3O4/c1-19(2)25-18-39-29-13-12-23(14-22(29)10-11-26(37)36(25)29)35(15-20-6-8-21(9-7-20)30(31,32)33)24-16-34(17-24)27(38)40-28(3,4)5/h6-9,19,22-25H,10-18H2,1-5H3/t22-,23+,25-,29-/m1/s1. The van der Waals surface area contributed by atoms with Crippen molar-refractivity contribution in [2.45, 2.75) is 109 Å². The van der Waals surface area contributed by atoms with Crippen molar-refractivity contribution in [3.63, 3.8) is 0 Å². The molecule has 10 heteroatoms. The van der Waals surface area contributed by atoms with Crippen LogP contribution in [-0.2, 0) is 27.0 Å². The van der Waals surface area contributed by atoms with Gasteiger partial charge in [-0.2, -0.15) is 13.2 Å². The Morgan fingerprint density at radius 1 is 1.12 bits per heavy atom. The molecule has 0 aromatic heterocycles. The number of likely N-dealkylation sites (tertiary alicyclic amines) is 1. The Labute approximate surface area is 234 Å². The molecule has 4 atom stereocenters. The maximum Gasteiger partial charge on any atom is 0.416 e. The molecule has 4 aliphatic rings. The number of hydrogen-bond donors (Lipinski definition) is 0. The smallest absolute Gasteiger partial charge is 0.416 e. The van der Waals surface area contributed by atoms with Gasteiger partial charge in [0.25, 0.3) is 0 Å². The van der Waals surface area contributed by atoms with E-state index in [0.717, 1.165) is 43.4 Å². The minimum Gasteiger partial charge on any atom is -0.444 e. The predicted octanol–water partition coefficient (Wildman–Crippen LogP) is 5.67. The Hall–Kier alpha value is -2.33. The minimum absolute atomic E-state index is 0.0723. The fourth-order valence-corrected chi connectivity index (χ4v) is 7.03. The Bertz CT molecular complexity index is 1100. The molecule has 3 heterocycles. The quantitative estimate of drug-likeness (QED) is 0.461. The van der Waals surface area contributed by atoms with E-state index in [0.29, 0.717) is 38.6 Å². The third-order valence-corrected chi connectivity index (χ3v) is 9.12. The summed E-state index contributed by atoms with van der Waals surface area (Å²) < 4.78 is 51.5. The van der Waals surface area contributed by atoms with Gasteiger partial charge in [-0.3, -0.25) is 9.69 Å². The lowest BCUT2D eigenvalue weighted by molar-refractivity contribution is -0.193. The molecule has 7 nitrogen and oxygen atoms in total. The summed E-state index contributed by atoms with van der Waals surface area (Å²) in [4.78, 5) is 31.8. The van der Waals surface area contributed by atoms with E-state index >= 15 is 0 Å². The van der Waals surface area contributed by atoms with Crippen molar-refractivity contribution in [3.05, 3.63) is 35.4 Å². The number of piperidine rings is 1. The molecule has 1 saturated carbocycles. The monoisotopic (exact) mass is 565 g/mol. The van der Waals surface area contributed by atoms with Crippen molar-refractivity contribution in [1.29, 1.82) is 0 Å². The van der Waals surface area contributed by atoms with Gasteiger partial charge in [0.05, 0.1) is 18.2 Å². The van der Waals surface area contributed by atoms with Crippen LogP contribution in [0.4, 0.5) is 18.0 Å². The Morgan fingerprint density at radius 3 is 2.40 bits per heavy atom. The highest BCUT2D eigenvalue weighted by molar-refractivity contribution is 5.78. The lowest BCUT2D eigenvalue weighted by atomic mass is 9.72. The van der Waals surface area contributed by atoms with Gasteiger partial charge in [-0.05, 0) is 70.1 Å². The van der Waals surface area contributed by atoms with Gasteiger partial charge in [0, 0.05) is 44.1 Å². The van der Waals surface area contributed by atoms with Crippen LogP contribution in [0.1, 0.15) is 77.8 Å². The molecule has 0 bridgehead atoms. The van der Waals surface area contributed by atoms with Crippen LogP contribution in [0.25, 0.3) is 0 Å². The highest BCUT2D eigenvalue weighted by Gasteiger charge is 2.60. The number of carbonyl (C=O) groups excluding carboxylic acids is 2. The summed E-state index contributed by atoms with van der Waals surface area (Å²) in [5.41, 5.74) is -0.990. The molecule has 40 heavy (non-hydrogen) atoms. The number of benzene rings is 1. The number of ether oxygens (including phenoxy) is 2. The average Bonchev–Trinajstić information content (AvgIpc) is 3.22. The van der Waals surface area contributed by atoms with Crippen LogP contribution >= 0.6 is 0 Å². The highest BCUT2D eigenvalue weighted by Crippen LogP contribution is 2.51. The van der Waals surface area contributed by atoms with Crippen LogP contribution in [0, 0.1) is 11.8 Å². The zero-order chi connectivity index (χ0) is 29.0. The van der Waals surface area contributed by atoms with Crippen molar-refractivity contribution in [1.82, 2.24) is 14.7 Å². The van der Waals surface area contributed by atoms with Gasteiger partial charge in [0.2, 0.25) is 5.91 Å². The summed E-state index contributed by atoms with van der Waals surface area (Å²) in [6.07, 6.45) is -1.03. The Morgan fingerprint density at radius 2 is 1.80 bits per heavy atom. The average molecular weight is 566 g/mol. The van der Waals surface area contributed by atoms with Crippen molar-refractivity contribution < 1.29 is 32.2 Å². The maximum absolute atomic E-state index is 13.2. The van der Waals surface area contributed by atoms with Crippen LogP contribution in [0.2, 0.25) is 0 Å². The maximum atomic E-state index is 13.2. The first-order chi connectivity index (χ1) is 18.7. The normalized spacial score (nSPS) is 29.4. The SMILES string of the molecule is CC(C)[C@H]1CO[C@]23CC[C@H](N(Cc4ccc(C(F)(F)F)cc4)C4CN(C(=O)OC(C)(C)C)C4)C[C@H]2CCC(=O)N13.